The van der Waals surface area contributed by atoms with Crippen molar-refractivity contribution in [3.05, 3.63) is 29.8 Å². The summed E-state index contributed by atoms with van der Waals surface area (Å²) in [6, 6.07) is 6.98. The lowest BCUT2D eigenvalue weighted by atomic mass is 9.92. The van der Waals surface area contributed by atoms with Crippen molar-refractivity contribution in [2.45, 2.75) is 31.4 Å². The van der Waals surface area contributed by atoms with Crippen molar-refractivity contribution >= 4 is 29.6 Å². The fraction of sp³-hybridized carbons (Fsp3) is 0.333. The lowest BCUT2D eigenvalue weighted by Crippen LogP contribution is -2.55. The molecule has 1 aliphatic heterocycles. The number of ketones is 1. The second kappa shape index (κ2) is 7.80. The van der Waals surface area contributed by atoms with E-state index in [9.17, 15) is 14.4 Å². The van der Waals surface area contributed by atoms with Gasteiger partial charge in [-0.3, -0.25) is 9.59 Å². The highest BCUT2D eigenvalue weighted by Gasteiger charge is 2.44. The van der Waals surface area contributed by atoms with Gasteiger partial charge in [0.2, 0.25) is 0 Å². The van der Waals surface area contributed by atoms with Gasteiger partial charge in [0.25, 0.3) is 5.91 Å². The lowest BCUT2D eigenvalue weighted by molar-refractivity contribution is -0.161. The van der Waals surface area contributed by atoms with Gasteiger partial charge < -0.3 is 21.2 Å². The SMILES string of the molecule is C#CCC(N)(C(C)=O)C(=O)OC1CCN(c2ccc(C=NN)cc2)C1=O. The van der Waals surface area contributed by atoms with Crippen LogP contribution in [0, 0.1) is 12.3 Å². The van der Waals surface area contributed by atoms with E-state index < -0.39 is 23.4 Å². The van der Waals surface area contributed by atoms with Gasteiger partial charge in [-0.25, -0.2) is 4.79 Å². The van der Waals surface area contributed by atoms with Crippen LogP contribution in [0.4, 0.5) is 5.69 Å². The largest absolute Gasteiger partial charge is 0.450 e. The Hall–Kier alpha value is -3.18. The molecule has 0 aliphatic carbocycles. The van der Waals surface area contributed by atoms with Crippen molar-refractivity contribution in [2.75, 3.05) is 11.4 Å². The number of terminal acetylenes is 1. The number of esters is 1. The predicted octanol–water partition coefficient (Wildman–Crippen LogP) is -0.0625. The molecule has 136 valence electrons. The summed E-state index contributed by atoms with van der Waals surface area (Å²) in [7, 11) is 0. The highest BCUT2D eigenvalue weighted by molar-refractivity contribution is 6.09. The molecule has 26 heavy (non-hydrogen) atoms. The monoisotopic (exact) mass is 356 g/mol. The summed E-state index contributed by atoms with van der Waals surface area (Å²) in [5, 5.41) is 3.43. The van der Waals surface area contributed by atoms with Gasteiger partial charge in [-0.1, -0.05) is 12.1 Å². The van der Waals surface area contributed by atoms with Gasteiger partial charge in [-0.2, -0.15) is 5.10 Å². The fourth-order valence-corrected chi connectivity index (χ4v) is 2.58. The number of nitrogens with two attached hydrogens (primary N) is 2. The van der Waals surface area contributed by atoms with E-state index >= 15 is 0 Å². The zero-order valence-electron chi connectivity index (χ0n) is 14.3. The molecule has 1 saturated heterocycles. The van der Waals surface area contributed by atoms with Gasteiger partial charge in [0.1, 0.15) is 0 Å². The summed E-state index contributed by atoms with van der Waals surface area (Å²) in [5.74, 6) is 5.31. The molecule has 2 unspecified atom stereocenters. The smallest absolute Gasteiger partial charge is 0.335 e. The Kier molecular flexibility index (Phi) is 5.75. The van der Waals surface area contributed by atoms with Gasteiger partial charge in [-0.15, -0.1) is 12.3 Å². The summed E-state index contributed by atoms with van der Waals surface area (Å²) < 4.78 is 5.21. The summed E-state index contributed by atoms with van der Waals surface area (Å²) in [4.78, 5) is 38.0. The molecular weight excluding hydrogens is 336 g/mol. The minimum Gasteiger partial charge on any atom is -0.450 e. The summed E-state index contributed by atoms with van der Waals surface area (Å²) in [5.41, 5.74) is 5.29. The van der Waals surface area contributed by atoms with Crippen LogP contribution in [0.2, 0.25) is 0 Å². The number of nitrogens with zero attached hydrogens (tertiary/aromatic N) is 2. The Bertz CT molecular complexity index is 781. The van der Waals surface area contributed by atoms with Gasteiger partial charge in [0.05, 0.1) is 6.21 Å². The van der Waals surface area contributed by atoms with Crippen LogP contribution in [-0.2, 0) is 19.1 Å². The van der Waals surface area contributed by atoms with E-state index in [1.54, 1.807) is 24.3 Å². The van der Waals surface area contributed by atoms with Crippen LogP contribution in [0.1, 0.15) is 25.3 Å². The molecule has 2 atom stereocenters. The van der Waals surface area contributed by atoms with Crippen LogP contribution >= 0.6 is 0 Å². The molecule has 1 fully saturated rings. The summed E-state index contributed by atoms with van der Waals surface area (Å²) in [6.07, 6.45) is 5.65. The first-order valence-electron chi connectivity index (χ1n) is 7.92. The number of benzene rings is 1. The van der Waals surface area contributed by atoms with Crippen molar-refractivity contribution in [1.29, 1.82) is 0 Å². The standard InChI is InChI=1S/C18H20N4O4/c1-3-9-18(19,12(2)23)17(25)26-15-8-10-22(16(15)24)14-6-4-13(5-7-14)11-21-20/h1,4-7,11,15H,8-10,19-20H2,2H3. The van der Waals surface area contributed by atoms with Crippen LogP contribution < -0.4 is 16.5 Å². The third-order valence-corrected chi connectivity index (χ3v) is 4.21. The second-order valence-electron chi connectivity index (χ2n) is 5.95. The van der Waals surface area contributed by atoms with E-state index in [1.165, 1.54) is 11.1 Å². The number of carbonyl (C=O) groups is 3. The molecule has 0 radical (unpaired) electrons. The maximum atomic E-state index is 12.5. The lowest BCUT2D eigenvalue weighted by Gasteiger charge is -2.24. The zero-order chi connectivity index (χ0) is 19.3. The van der Waals surface area contributed by atoms with E-state index in [2.05, 4.69) is 11.0 Å². The molecule has 1 aromatic carbocycles. The fourth-order valence-electron chi connectivity index (χ4n) is 2.58. The Balaban J connectivity index is 2.10. The number of Topliss-reactive ketones (excluding diaryl/α,β-unsaturated/α-hetero) is 1. The minimum absolute atomic E-state index is 0.292. The zero-order valence-corrected chi connectivity index (χ0v) is 14.3. The molecule has 0 aromatic heterocycles. The summed E-state index contributed by atoms with van der Waals surface area (Å²) in [6.45, 7) is 1.53. The molecule has 8 nitrogen and oxygen atoms in total. The molecule has 1 aromatic rings. The molecule has 0 saturated carbocycles. The molecule has 4 N–H and O–H groups in total. The first kappa shape index (κ1) is 19.1. The Morgan fingerprint density at radius 1 is 1.46 bits per heavy atom. The van der Waals surface area contributed by atoms with Crippen LogP contribution in [0.25, 0.3) is 0 Å². The number of ether oxygens (including phenoxy) is 1. The van der Waals surface area contributed by atoms with Crippen LogP contribution in [0.3, 0.4) is 0 Å². The maximum Gasteiger partial charge on any atom is 0.335 e. The van der Waals surface area contributed by atoms with Crippen molar-refractivity contribution < 1.29 is 19.1 Å². The van der Waals surface area contributed by atoms with E-state index in [4.69, 9.17) is 22.7 Å². The number of hydrogen-bond acceptors (Lipinski definition) is 7. The van der Waals surface area contributed by atoms with Crippen molar-refractivity contribution in [2.24, 2.45) is 16.7 Å². The van der Waals surface area contributed by atoms with Crippen molar-refractivity contribution in [3.8, 4) is 12.3 Å². The number of carbonyl (C=O) groups excluding carboxylic acids is 3. The van der Waals surface area contributed by atoms with Crippen molar-refractivity contribution in [1.82, 2.24) is 0 Å². The molecule has 1 heterocycles. The van der Waals surface area contributed by atoms with E-state index in [-0.39, 0.29) is 12.3 Å². The number of rotatable bonds is 6. The Morgan fingerprint density at radius 3 is 2.65 bits per heavy atom. The average Bonchev–Trinajstić information content (AvgIpc) is 2.96. The topological polar surface area (TPSA) is 128 Å². The minimum atomic E-state index is -1.94. The van der Waals surface area contributed by atoms with Crippen LogP contribution in [0.5, 0.6) is 0 Å². The molecule has 8 heteroatoms. The molecular formula is C18H20N4O4. The van der Waals surface area contributed by atoms with Gasteiger partial charge >= 0.3 is 5.97 Å². The second-order valence-corrected chi connectivity index (χ2v) is 5.95. The van der Waals surface area contributed by atoms with Gasteiger partial charge in [0, 0.05) is 25.1 Å². The molecule has 2 rings (SSSR count). The van der Waals surface area contributed by atoms with E-state index in [1.807, 2.05) is 0 Å². The quantitative estimate of drug-likeness (QED) is 0.183. The highest BCUT2D eigenvalue weighted by atomic mass is 16.6. The Labute approximate surface area is 151 Å². The van der Waals surface area contributed by atoms with Gasteiger partial charge in [-0.05, 0) is 24.6 Å². The van der Waals surface area contributed by atoms with Crippen LogP contribution in [0.15, 0.2) is 29.4 Å². The molecule has 0 bridgehead atoms. The number of hydrazone groups is 1. The predicted molar refractivity (Wildman–Crippen MR) is 96.1 cm³/mol. The summed E-state index contributed by atoms with van der Waals surface area (Å²) >= 11 is 0. The molecule has 0 spiro atoms. The molecule has 1 amide bonds. The van der Waals surface area contributed by atoms with Crippen LogP contribution in [-0.4, -0.2) is 42.1 Å². The highest BCUT2D eigenvalue weighted by Crippen LogP contribution is 2.24. The normalized spacial score (nSPS) is 19.2. The van der Waals surface area contributed by atoms with Gasteiger partial charge in [0.15, 0.2) is 17.4 Å². The third kappa shape index (κ3) is 3.73. The Morgan fingerprint density at radius 2 is 2.12 bits per heavy atom. The number of anilines is 1. The first-order valence-corrected chi connectivity index (χ1v) is 7.92. The van der Waals surface area contributed by atoms with E-state index in [0.717, 1.165) is 12.5 Å². The van der Waals surface area contributed by atoms with E-state index in [0.29, 0.717) is 18.7 Å². The van der Waals surface area contributed by atoms with Crippen molar-refractivity contribution in [3.63, 3.8) is 0 Å². The number of hydrogen-bond donors (Lipinski definition) is 2. The molecule has 1 aliphatic rings. The first-order chi connectivity index (χ1) is 12.3. The third-order valence-electron chi connectivity index (χ3n) is 4.21. The number of amides is 1. The average molecular weight is 356 g/mol. The maximum absolute atomic E-state index is 12.5.